The van der Waals surface area contributed by atoms with Gasteiger partial charge in [-0.15, -0.1) is 0 Å². The molecular weight excluding hydrogens is 270 g/mol. The van der Waals surface area contributed by atoms with Crippen molar-refractivity contribution >= 4 is 5.91 Å². The molecule has 2 aromatic rings. The van der Waals surface area contributed by atoms with Crippen LogP contribution in [0.15, 0.2) is 48.5 Å². The fourth-order valence-electron chi connectivity index (χ4n) is 3.66. The number of carbonyl (C=O) groups excluding carboxylic acids is 1. The van der Waals surface area contributed by atoms with Crippen LogP contribution >= 0.6 is 0 Å². The van der Waals surface area contributed by atoms with Crippen LogP contribution in [-0.4, -0.2) is 23.4 Å². The van der Waals surface area contributed by atoms with Gasteiger partial charge in [0.2, 0.25) is 0 Å². The maximum absolute atomic E-state index is 13.1. The molecule has 0 N–H and O–H groups in total. The van der Waals surface area contributed by atoms with E-state index in [1.165, 1.54) is 6.42 Å². The minimum Gasteiger partial charge on any atom is -0.335 e. The second-order valence-electron chi connectivity index (χ2n) is 6.60. The molecule has 1 aliphatic carbocycles. The van der Waals surface area contributed by atoms with Crippen LogP contribution in [0.4, 0.5) is 0 Å². The average Bonchev–Trinajstić information content (AvgIpc) is 3.25. The molecule has 1 saturated carbocycles. The van der Waals surface area contributed by atoms with Gasteiger partial charge in [-0.1, -0.05) is 48.0 Å². The van der Waals surface area contributed by atoms with Crippen molar-refractivity contribution in [3.8, 4) is 11.1 Å². The van der Waals surface area contributed by atoms with Gasteiger partial charge >= 0.3 is 0 Å². The Morgan fingerprint density at radius 3 is 2.64 bits per heavy atom. The molecule has 4 rings (SSSR count). The van der Waals surface area contributed by atoms with Gasteiger partial charge in [0.05, 0.1) is 0 Å². The van der Waals surface area contributed by atoms with Gasteiger partial charge in [0, 0.05) is 18.2 Å². The standard InChI is InChI=1S/C20H20NO/c1-13-8-9-17(15-6-4-3-5-7-15)19(10-13)20(22)21-12-16-11-18(16)14(21)2/h3-10,14,16,18H,2,11-12H2,1H3/t14-,16+,18-/m0/s1. The van der Waals surface area contributed by atoms with Gasteiger partial charge in [0.15, 0.2) is 0 Å². The number of aryl methyl sites for hydroxylation is 1. The van der Waals surface area contributed by atoms with Gasteiger partial charge < -0.3 is 4.90 Å². The quantitative estimate of drug-likeness (QED) is 0.820. The van der Waals surface area contributed by atoms with Crippen molar-refractivity contribution < 1.29 is 4.79 Å². The molecule has 2 fully saturated rings. The van der Waals surface area contributed by atoms with Gasteiger partial charge in [-0.3, -0.25) is 4.79 Å². The molecular formula is C20H20NO. The zero-order valence-electron chi connectivity index (χ0n) is 12.8. The Kier molecular flexibility index (Phi) is 3.07. The van der Waals surface area contributed by atoms with Crippen molar-refractivity contribution in [2.75, 3.05) is 6.54 Å². The third kappa shape index (κ3) is 2.14. The van der Waals surface area contributed by atoms with Crippen LogP contribution in [-0.2, 0) is 0 Å². The van der Waals surface area contributed by atoms with E-state index in [-0.39, 0.29) is 11.9 Å². The molecule has 2 heteroatoms. The highest BCUT2D eigenvalue weighted by Gasteiger charge is 2.52. The molecule has 22 heavy (non-hydrogen) atoms. The minimum absolute atomic E-state index is 0.134. The molecule has 2 aromatic carbocycles. The first-order valence-electron chi connectivity index (χ1n) is 7.95. The van der Waals surface area contributed by atoms with Gasteiger partial charge in [0.25, 0.3) is 5.91 Å². The fraction of sp³-hybridized carbons (Fsp3) is 0.300. The highest BCUT2D eigenvalue weighted by molar-refractivity contribution is 6.01. The van der Waals surface area contributed by atoms with E-state index in [0.29, 0.717) is 11.8 Å². The zero-order valence-corrected chi connectivity index (χ0v) is 12.8. The van der Waals surface area contributed by atoms with Gasteiger partial charge in [-0.05, 0) is 49.3 Å². The topological polar surface area (TPSA) is 20.3 Å². The van der Waals surface area contributed by atoms with E-state index in [1.54, 1.807) is 0 Å². The Morgan fingerprint density at radius 1 is 1.18 bits per heavy atom. The van der Waals surface area contributed by atoms with Crippen molar-refractivity contribution in [1.82, 2.24) is 4.90 Å². The normalized spacial score (nSPS) is 25.9. The number of fused-ring (bicyclic) bond motifs is 1. The van der Waals surface area contributed by atoms with Crippen molar-refractivity contribution in [2.45, 2.75) is 19.4 Å². The van der Waals surface area contributed by atoms with E-state index < -0.39 is 0 Å². The van der Waals surface area contributed by atoms with E-state index in [0.717, 1.165) is 28.8 Å². The van der Waals surface area contributed by atoms with Crippen LogP contribution in [0.2, 0.25) is 0 Å². The minimum atomic E-state index is 0.134. The first-order chi connectivity index (χ1) is 10.6. The molecule has 0 spiro atoms. The van der Waals surface area contributed by atoms with Gasteiger partial charge in [0.1, 0.15) is 0 Å². The number of amides is 1. The summed E-state index contributed by atoms with van der Waals surface area (Å²) < 4.78 is 0. The average molecular weight is 290 g/mol. The predicted octanol–water partition coefficient (Wildman–Crippen LogP) is 3.96. The largest absolute Gasteiger partial charge is 0.335 e. The van der Waals surface area contributed by atoms with Gasteiger partial charge in [-0.2, -0.15) is 0 Å². The van der Waals surface area contributed by atoms with E-state index in [4.69, 9.17) is 0 Å². The number of piperidine rings is 1. The Hall–Kier alpha value is -2.09. The van der Waals surface area contributed by atoms with Crippen LogP contribution in [0.5, 0.6) is 0 Å². The Labute approximate surface area is 131 Å². The summed E-state index contributed by atoms with van der Waals surface area (Å²) in [4.78, 5) is 15.0. The van der Waals surface area contributed by atoms with Crippen molar-refractivity contribution in [1.29, 1.82) is 0 Å². The first kappa shape index (κ1) is 13.6. The van der Waals surface area contributed by atoms with E-state index >= 15 is 0 Å². The Morgan fingerprint density at radius 2 is 1.95 bits per heavy atom. The number of nitrogens with zero attached hydrogens (tertiary/aromatic N) is 1. The maximum atomic E-state index is 13.1. The lowest BCUT2D eigenvalue weighted by Gasteiger charge is -2.25. The number of hydrogen-bond acceptors (Lipinski definition) is 1. The Bertz CT molecular complexity index is 722. The Balaban J connectivity index is 1.74. The zero-order chi connectivity index (χ0) is 15.3. The molecule has 1 heterocycles. The highest BCUT2D eigenvalue weighted by Crippen LogP contribution is 2.49. The summed E-state index contributed by atoms with van der Waals surface area (Å²) in [5, 5.41) is 0. The summed E-state index contributed by atoms with van der Waals surface area (Å²) >= 11 is 0. The lowest BCUT2D eigenvalue weighted by atomic mass is 9.96. The van der Waals surface area contributed by atoms with Crippen molar-refractivity contribution in [2.24, 2.45) is 11.8 Å². The number of benzene rings is 2. The number of hydrogen-bond donors (Lipinski definition) is 0. The third-order valence-corrected chi connectivity index (χ3v) is 5.05. The molecule has 0 bridgehead atoms. The molecule has 1 radical (unpaired) electrons. The second-order valence-corrected chi connectivity index (χ2v) is 6.60. The van der Waals surface area contributed by atoms with E-state index in [9.17, 15) is 4.79 Å². The number of likely N-dealkylation sites (tertiary alicyclic amines) is 1. The molecule has 1 saturated heterocycles. The molecule has 2 nitrogen and oxygen atoms in total. The highest BCUT2D eigenvalue weighted by atomic mass is 16.2. The summed E-state index contributed by atoms with van der Waals surface area (Å²) in [5.74, 6) is 1.46. The van der Waals surface area contributed by atoms with Crippen LogP contribution in [0.3, 0.4) is 0 Å². The molecule has 0 aromatic heterocycles. The van der Waals surface area contributed by atoms with Crippen LogP contribution in [0.1, 0.15) is 22.3 Å². The van der Waals surface area contributed by atoms with Crippen LogP contribution < -0.4 is 0 Å². The molecule has 0 unspecified atom stereocenters. The number of carbonyl (C=O) groups is 1. The monoisotopic (exact) mass is 290 g/mol. The molecule has 1 amide bonds. The molecule has 2 aliphatic rings. The van der Waals surface area contributed by atoms with Crippen molar-refractivity contribution in [3.63, 3.8) is 0 Å². The molecule has 3 atom stereocenters. The van der Waals surface area contributed by atoms with Gasteiger partial charge in [-0.25, -0.2) is 0 Å². The van der Waals surface area contributed by atoms with Crippen LogP contribution in [0.25, 0.3) is 11.1 Å². The fourth-order valence-corrected chi connectivity index (χ4v) is 3.66. The van der Waals surface area contributed by atoms with Crippen molar-refractivity contribution in [3.05, 3.63) is 66.6 Å². The SMILES string of the molecule is [CH2][C@H]1[C@@H]2C[C@@H]2CN1C(=O)c1cc(C)ccc1-c1ccccc1. The van der Waals surface area contributed by atoms with E-state index in [2.05, 4.69) is 31.2 Å². The molecule has 1 aliphatic heterocycles. The second kappa shape index (κ2) is 4.98. The smallest absolute Gasteiger partial charge is 0.254 e. The van der Waals surface area contributed by atoms with E-state index in [1.807, 2.05) is 36.1 Å². The first-order valence-corrected chi connectivity index (χ1v) is 7.95. The number of rotatable bonds is 2. The predicted molar refractivity (Wildman–Crippen MR) is 88.4 cm³/mol. The third-order valence-electron chi connectivity index (χ3n) is 5.05. The molecule has 111 valence electrons. The summed E-state index contributed by atoms with van der Waals surface area (Å²) in [7, 11) is 0. The lowest BCUT2D eigenvalue weighted by Crippen LogP contribution is -2.37. The van der Waals surface area contributed by atoms with Crippen LogP contribution in [0, 0.1) is 25.7 Å². The summed E-state index contributed by atoms with van der Waals surface area (Å²) in [6, 6.07) is 16.4. The summed E-state index contributed by atoms with van der Waals surface area (Å²) in [5.41, 5.74) is 4.04. The lowest BCUT2D eigenvalue weighted by molar-refractivity contribution is 0.0737. The maximum Gasteiger partial charge on any atom is 0.254 e. The summed E-state index contributed by atoms with van der Waals surface area (Å²) in [6.07, 6.45) is 1.25. The summed E-state index contributed by atoms with van der Waals surface area (Å²) in [6.45, 7) is 7.13.